The van der Waals surface area contributed by atoms with Crippen molar-refractivity contribution in [2.75, 3.05) is 0 Å². The van der Waals surface area contributed by atoms with Crippen molar-refractivity contribution in [3.8, 4) is 12.3 Å². The summed E-state index contributed by atoms with van der Waals surface area (Å²) >= 11 is 3.97. The predicted octanol–water partition coefficient (Wildman–Crippen LogP) is 2.10. The van der Waals surface area contributed by atoms with Crippen LogP contribution in [0.25, 0.3) is 0 Å². The second-order valence-electron chi connectivity index (χ2n) is 1.78. The Bertz CT molecular complexity index is 266. The maximum atomic E-state index is 12.7. The molecule has 0 spiro atoms. The maximum absolute atomic E-state index is 12.7. The maximum Gasteiger partial charge on any atom is 0.139 e. The van der Waals surface area contributed by atoms with Gasteiger partial charge in [-0.3, -0.25) is 0 Å². The van der Waals surface area contributed by atoms with Crippen LogP contribution in [0.4, 0.5) is 4.39 Å². The molecule has 10 heavy (non-hydrogen) atoms. The Morgan fingerprint density at radius 1 is 1.50 bits per heavy atom. The molecule has 0 nitrogen and oxygen atoms in total. The topological polar surface area (TPSA) is 0 Å². The molecule has 0 atom stereocenters. The first kappa shape index (κ1) is 7.17. The molecule has 1 aromatic carbocycles. The van der Waals surface area contributed by atoms with E-state index < -0.39 is 5.82 Å². The summed E-state index contributed by atoms with van der Waals surface area (Å²) in [4.78, 5) is 0.502. The van der Waals surface area contributed by atoms with Gasteiger partial charge in [0.25, 0.3) is 0 Å². The Morgan fingerprint density at radius 2 is 2.20 bits per heavy atom. The van der Waals surface area contributed by atoms with Gasteiger partial charge >= 0.3 is 0 Å². The minimum atomic E-state index is -0.394. The van der Waals surface area contributed by atoms with Gasteiger partial charge in [-0.1, -0.05) is 12.0 Å². The summed E-state index contributed by atoms with van der Waals surface area (Å²) in [6.07, 6.45) is 5.01. The van der Waals surface area contributed by atoms with E-state index in [0.717, 1.165) is 0 Å². The van der Waals surface area contributed by atoms with Crippen molar-refractivity contribution < 1.29 is 4.39 Å². The van der Waals surface area contributed by atoms with Gasteiger partial charge in [0.05, 0.1) is 5.56 Å². The molecule has 0 bridgehead atoms. The fourth-order valence-electron chi connectivity index (χ4n) is 0.656. The van der Waals surface area contributed by atoms with Crippen molar-refractivity contribution in [1.82, 2.24) is 0 Å². The lowest BCUT2D eigenvalue weighted by Gasteiger charge is -1.95. The molecule has 0 aromatic heterocycles. The van der Waals surface area contributed by atoms with Gasteiger partial charge in [0, 0.05) is 4.90 Å². The Balaban J connectivity index is 3.34. The summed E-state index contributed by atoms with van der Waals surface area (Å²) in [7, 11) is 0. The van der Waals surface area contributed by atoms with Crippen LogP contribution in [0.3, 0.4) is 0 Å². The van der Waals surface area contributed by atoms with Gasteiger partial charge < -0.3 is 0 Å². The number of benzene rings is 1. The highest BCUT2D eigenvalue weighted by Gasteiger charge is 2.00. The van der Waals surface area contributed by atoms with E-state index in [1.807, 2.05) is 0 Å². The molecule has 0 saturated heterocycles. The zero-order chi connectivity index (χ0) is 7.56. The van der Waals surface area contributed by atoms with Crippen LogP contribution in [-0.4, -0.2) is 0 Å². The summed E-state index contributed by atoms with van der Waals surface area (Å²) in [6.45, 7) is 0. The van der Waals surface area contributed by atoms with Gasteiger partial charge in [0.15, 0.2) is 0 Å². The van der Waals surface area contributed by atoms with Gasteiger partial charge in [0.1, 0.15) is 5.82 Å². The standard InChI is InChI=1S/C8H5FS/c1-2-6-7(9)4-3-5-8(6)10/h1,3-5,10H. The average molecular weight is 152 g/mol. The molecule has 0 fully saturated rings. The zero-order valence-corrected chi connectivity index (χ0v) is 6.03. The van der Waals surface area contributed by atoms with E-state index in [4.69, 9.17) is 6.42 Å². The fourth-order valence-corrected chi connectivity index (χ4v) is 0.913. The minimum absolute atomic E-state index is 0.228. The highest BCUT2D eigenvalue weighted by Crippen LogP contribution is 2.14. The van der Waals surface area contributed by atoms with E-state index in [0.29, 0.717) is 4.90 Å². The molecule has 1 rings (SSSR count). The van der Waals surface area contributed by atoms with Crippen molar-refractivity contribution >= 4 is 12.6 Å². The summed E-state index contributed by atoms with van der Waals surface area (Å²) in [5.41, 5.74) is 0.228. The number of hydrogen-bond donors (Lipinski definition) is 1. The molecular formula is C8H5FS. The third-order valence-electron chi connectivity index (χ3n) is 1.14. The first-order chi connectivity index (χ1) is 4.75. The number of halogens is 1. The van der Waals surface area contributed by atoms with Crippen LogP contribution < -0.4 is 0 Å². The monoisotopic (exact) mass is 152 g/mol. The SMILES string of the molecule is C#Cc1c(F)cccc1S. The molecule has 0 amide bonds. The molecule has 0 unspecified atom stereocenters. The van der Waals surface area contributed by atoms with Crippen LogP contribution in [0.15, 0.2) is 23.1 Å². The third kappa shape index (κ3) is 1.14. The van der Waals surface area contributed by atoms with Crippen molar-refractivity contribution in [2.24, 2.45) is 0 Å². The van der Waals surface area contributed by atoms with Gasteiger partial charge in [-0.2, -0.15) is 0 Å². The quantitative estimate of drug-likeness (QED) is 0.427. The first-order valence-corrected chi connectivity index (χ1v) is 3.14. The fraction of sp³-hybridized carbons (Fsp3) is 0. The van der Waals surface area contributed by atoms with Crippen molar-refractivity contribution in [2.45, 2.75) is 4.90 Å². The minimum Gasteiger partial charge on any atom is -0.206 e. The highest BCUT2D eigenvalue weighted by atomic mass is 32.1. The van der Waals surface area contributed by atoms with Crippen LogP contribution in [0.5, 0.6) is 0 Å². The average Bonchev–Trinajstić information content (AvgIpc) is 1.88. The number of rotatable bonds is 0. The van der Waals surface area contributed by atoms with Crippen molar-refractivity contribution in [3.05, 3.63) is 29.6 Å². The molecule has 0 radical (unpaired) electrons. The largest absolute Gasteiger partial charge is 0.206 e. The molecule has 0 heterocycles. The second kappa shape index (κ2) is 2.76. The van der Waals surface area contributed by atoms with Crippen LogP contribution in [0.2, 0.25) is 0 Å². The molecule has 0 saturated carbocycles. The number of terminal acetylenes is 1. The summed E-state index contributed by atoms with van der Waals surface area (Å²) in [6, 6.07) is 4.54. The van der Waals surface area contributed by atoms with Gasteiger partial charge in [-0.05, 0) is 12.1 Å². The van der Waals surface area contributed by atoms with Crippen LogP contribution in [-0.2, 0) is 0 Å². The predicted molar refractivity (Wildman–Crippen MR) is 41.6 cm³/mol. The summed E-state index contributed by atoms with van der Waals surface area (Å²) in [5.74, 6) is 1.82. The van der Waals surface area contributed by atoms with Crippen LogP contribution >= 0.6 is 12.6 Å². The molecule has 1 aromatic rings. The lowest BCUT2D eigenvalue weighted by molar-refractivity contribution is 0.620. The summed E-state index contributed by atoms with van der Waals surface area (Å²) < 4.78 is 12.7. The van der Waals surface area contributed by atoms with Gasteiger partial charge in [0.2, 0.25) is 0 Å². The van der Waals surface area contributed by atoms with E-state index >= 15 is 0 Å². The molecule has 0 aliphatic carbocycles. The molecule has 0 aliphatic rings. The van der Waals surface area contributed by atoms with Gasteiger partial charge in [-0.15, -0.1) is 19.1 Å². The van der Waals surface area contributed by atoms with Crippen LogP contribution in [0, 0.1) is 18.2 Å². The van der Waals surface area contributed by atoms with E-state index in [1.165, 1.54) is 6.07 Å². The summed E-state index contributed by atoms with van der Waals surface area (Å²) in [5, 5.41) is 0. The molecule has 2 heteroatoms. The van der Waals surface area contributed by atoms with Gasteiger partial charge in [-0.25, -0.2) is 4.39 Å². The Kier molecular flexibility index (Phi) is 1.98. The first-order valence-electron chi connectivity index (χ1n) is 2.70. The molecule has 0 N–H and O–H groups in total. The highest BCUT2D eigenvalue weighted by molar-refractivity contribution is 7.80. The lowest BCUT2D eigenvalue weighted by Crippen LogP contribution is -1.83. The Morgan fingerprint density at radius 3 is 2.60 bits per heavy atom. The number of thiol groups is 1. The van der Waals surface area contributed by atoms with E-state index in [2.05, 4.69) is 18.5 Å². The third-order valence-corrected chi connectivity index (χ3v) is 1.51. The molecule has 50 valence electrons. The van der Waals surface area contributed by atoms with Crippen molar-refractivity contribution in [1.29, 1.82) is 0 Å². The Hall–Kier alpha value is -0.940. The van der Waals surface area contributed by atoms with Crippen LogP contribution in [0.1, 0.15) is 5.56 Å². The molecular weight excluding hydrogens is 147 g/mol. The van der Waals surface area contributed by atoms with Crippen molar-refractivity contribution in [3.63, 3.8) is 0 Å². The smallest absolute Gasteiger partial charge is 0.139 e. The van der Waals surface area contributed by atoms with E-state index in [1.54, 1.807) is 12.1 Å². The number of hydrogen-bond acceptors (Lipinski definition) is 1. The van der Waals surface area contributed by atoms with E-state index in [9.17, 15) is 4.39 Å². The van der Waals surface area contributed by atoms with E-state index in [-0.39, 0.29) is 5.56 Å². The lowest BCUT2D eigenvalue weighted by atomic mass is 10.2. The normalized spacial score (nSPS) is 8.90. The molecule has 0 aliphatic heterocycles. The zero-order valence-electron chi connectivity index (χ0n) is 5.13. The second-order valence-corrected chi connectivity index (χ2v) is 2.26. The Labute approximate surface area is 64.5 Å².